The van der Waals surface area contributed by atoms with E-state index >= 15 is 0 Å². The lowest BCUT2D eigenvalue weighted by Crippen LogP contribution is -2.38. The Morgan fingerprint density at radius 1 is 1.04 bits per heavy atom. The van der Waals surface area contributed by atoms with Crippen LogP contribution in [0.1, 0.15) is 16.2 Å². The van der Waals surface area contributed by atoms with Crippen LogP contribution >= 0.6 is 0 Å². The molecule has 0 fully saturated rings. The van der Waals surface area contributed by atoms with Gasteiger partial charge in [-0.3, -0.25) is 9.69 Å². The molecule has 0 radical (unpaired) electrons. The summed E-state index contributed by atoms with van der Waals surface area (Å²) in [6.07, 6.45) is 0. The number of carbonyl (C=O) groups is 1. The fourth-order valence-corrected chi connectivity index (χ4v) is 2.76. The van der Waals surface area contributed by atoms with E-state index in [0.717, 1.165) is 11.4 Å². The Morgan fingerprint density at radius 3 is 2.62 bits per heavy atom. The van der Waals surface area contributed by atoms with E-state index < -0.39 is 0 Å². The lowest BCUT2D eigenvalue weighted by molar-refractivity contribution is 0.0971. The van der Waals surface area contributed by atoms with Gasteiger partial charge in [-0.1, -0.05) is 30.3 Å². The number of aryl methyl sites for hydroxylation is 1. The minimum atomic E-state index is -0.162. The second-order valence-electron chi connectivity index (χ2n) is 5.53. The van der Waals surface area contributed by atoms with E-state index in [2.05, 4.69) is 10.2 Å². The first-order valence-electron chi connectivity index (χ1n) is 7.77. The number of hydrogen-bond donors (Lipinski definition) is 0. The number of hydrogen-bond acceptors (Lipinski definition) is 4. The van der Waals surface area contributed by atoms with Crippen LogP contribution in [-0.2, 0) is 0 Å². The summed E-state index contributed by atoms with van der Waals surface area (Å²) in [7, 11) is 0. The van der Waals surface area contributed by atoms with Crippen molar-refractivity contribution in [1.29, 1.82) is 0 Å². The van der Waals surface area contributed by atoms with E-state index in [1.807, 2.05) is 54.6 Å². The third-order valence-electron chi connectivity index (χ3n) is 3.95. The number of amides is 1. The van der Waals surface area contributed by atoms with Crippen molar-refractivity contribution in [2.24, 2.45) is 0 Å². The summed E-state index contributed by atoms with van der Waals surface area (Å²) in [4.78, 5) is 16.2. The molecule has 1 aliphatic heterocycles. The molecule has 0 atom stereocenters. The van der Waals surface area contributed by atoms with Crippen molar-refractivity contribution in [3.8, 4) is 11.4 Å². The molecule has 0 unspecified atom stereocenters. The molecular weight excluding hydrogens is 304 g/mol. The van der Waals surface area contributed by atoms with Crippen LogP contribution in [0.4, 0.5) is 5.69 Å². The van der Waals surface area contributed by atoms with Crippen molar-refractivity contribution in [2.45, 2.75) is 6.92 Å². The average molecular weight is 320 g/mol. The molecule has 0 bridgehead atoms. The summed E-state index contributed by atoms with van der Waals surface area (Å²) in [6.45, 7) is 2.76. The van der Waals surface area contributed by atoms with Gasteiger partial charge in [0.25, 0.3) is 5.91 Å². The molecule has 1 aliphatic rings. The number of aromatic nitrogens is 3. The van der Waals surface area contributed by atoms with Gasteiger partial charge in [-0.25, -0.2) is 0 Å². The fraction of sp³-hybridized carbons (Fsp3) is 0.167. The Hall–Kier alpha value is -3.15. The molecular formula is C18H16N4O2. The highest BCUT2D eigenvalue weighted by molar-refractivity contribution is 6.06. The van der Waals surface area contributed by atoms with E-state index in [-0.39, 0.29) is 5.91 Å². The maximum Gasteiger partial charge on any atom is 0.280 e. The van der Waals surface area contributed by atoms with E-state index in [1.54, 1.807) is 11.8 Å². The molecule has 4 rings (SSSR count). The number of para-hydroxylation sites is 3. The minimum absolute atomic E-state index is 0.162. The molecule has 0 saturated heterocycles. The number of ether oxygens (including phenoxy) is 1. The summed E-state index contributed by atoms with van der Waals surface area (Å²) in [5.74, 6) is 0.552. The van der Waals surface area contributed by atoms with Gasteiger partial charge < -0.3 is 4.74 Å². The van der Waals surface area contributed by atoms with Crippen LogP contribution in [0.5, 0.6) is 5.75 Å². The Kier molecular flexibility index (Phi) is 3.49. The van der Waals surface area contributed by atoms with Gasteiger partial charge in [-0.2, -0.15) is 9.90 Å². The average Bonchev–Trinajstić information content (AvgIpc) is 3.03. The zero-order valence-corrected chi connectivity index (χ0v) is 13.2. The van der Waals surface area contributed by atoms with Gasteiger partial charge in [0.05, 0.1) is 23.6 Å². The molecule has 6 nitrogen and oxygen atoms in total. The number of carbonyl (C=O) groups excluding carboxylic acids is 1. The van der Waals surface area contributed by atoms with Gasteiger partial charge in [-0.05, 0) is 31.2 Å². The maximum absolute atomic E-state index is 13.0. The Labute approximate surface area is 139 Å². The number of fused-ring (bicyclic) bond motifs is 1. The summed E-state index contributed by atoms with van der Waals surface area (Å²) < 4.78 is 5.61. The molecule has 2 heterocycles. The zero-order valence-electron chi connectivity index (χ0n) is 13.2. The smallest absolute Gasteiger partial charge is 0.280 e. The zero-order chi connectivity index (χ0) is 16.5. The van der Waals surface area contributed by atoms with Crippen molar-refractivity contribution in [1.82, 2.24) is 15.0 Å². The number of anilines is 1. The molecule has 0 N–H and O–H groups in total. The molecule has 6 heteroatoms. The lowest BCUT2D eigenvalue weighted by atomic mass is 10.2. The third kappa shape index (κ3) is 2.42. The molecule has 0 aliphatic carbocycles. The van der Waals surface area contributed by atoms with Gasteiger partial charge in [0.15, 0.2) is 5.69 Å². The summed E-state index contributed by atoms with van der Waals surface area (Å²) in [6, 6.07) is 17.1. The highest BCUT2D eigenvalue weighted by atomic mass is 16.5. The summed E-state index contributed by atoms with van der Waals surface area (Å²) in [5, 5.41) is 8.78. The first-order chi connectivity index (χ1) is 11.7. The SMILES string of the molecule is Cc1nn(-c2ccccc2)nc1C(=O)N1CCOc2ccccc21. The minimum Gasteiger partial charge on any atom is -0.490 e. The second-order valence-corrected chi connectivity index (χ2v) is 5.53. The highest BCUT2D eigenvalue weighted by Crippen LogP contribution is 2.32. The summed E-state index contributed by atoms with van der Waals surface area (Å²) in [5.41, 5.74) is 2.55. The predicted octanol–water partition coefficient (Wildman–Crippen LogP) is 2.61. The molecule has 120 valence electrons. The Bertz CT molecular complexity index is 889. The molecule has 1 aromatic heterocycles. The standard InChI is InChI=1S/C18H16N4O2/c1-13-17(20-22(19-13)14-7-3-2-4-8-14)18(23)21-11-12-24-16-10-6-5-9-15(16)21/h2-10H,11-12H2,1H3. The van der Waals surface area contributed by atoms with Crippen LogP contribution < -0.4 is 9.64 Å². The van der Waals surface area contributed by atoms with E-state index in [4.69, 9.17) is 4.74 Å². The molecule has 2 aromatic carbocycles. The van der Waals surface area contributed by atoms with E-state index in [0.29, 0.717) is 30.3 Å². The van der Waals surface area contributed by atoms with E-state index in [9.17, 15) is 4.79 Å². The van der Waals surface area contributed by atoms with E-state index in [1.165, 1.54) is 4.80 Å². The number of benzene rings is 2. The Morgan fingerprint density at radius 2 is 1.79 bits per heavy atom. The van der Waals surface area contributed by atoms with Gasteiger partial charge in [0, 0.05) is 0 Å². The molecule has 1 amide bonds. The fourth-order valence-electron chi connectivity index (χ4n) is 2.76. The monoisotopic (exact) mass is 320 g/mol. The van der Waals surface area contributed by atoms with Crippen LogP contribution in [0.25, 0.3) is 5.69 Å². The van der Waals surface area contributed by atoms with Crippen LogP contribution in [0.2, 0.25) is 0 Å². The number of rotatable bonds is 2. The largest absolute Gasteiger partial charge is 0.490 e. The maximum atomic E-state index is 13.0. The van der Waals surface area contributed by atoms with Crippen LogP contribution in [0.3, 0.4) is 0 Å². The summed E-state index contributed by atoms with van der Waals surface area (Å²) >= 11 is 0. The van der Waals surface area contributed by atoms with Gasteiger partial charge >= 0.3 is 0 Å². The Balaban J connectivity index is 1.70. The second kappa shape index (κ2) is 5.81. The van der Waals surface area contributed by atoms with Crippen molar-refractivity contribution >= 4 is 11.6 Å². The van der Waals surface area contributed by atoms with Crippen LogP contribution in [0.15, 0.2) is 54.6 Å². The third-order valence-corrected chi connectivity index (χ3v) is 3.95. The van der Waals surface area contributed by atoms with Gasteiger partial charge in [0.1, 0.15) is 12.4 Å². The number of nitrogens with zero attached hydrogens (tertiary/aromatic N) is 4. The lowest BCUT2D eigenvalue weighted by Gasteiger charge is -2.28. The van der Waals surface area contributed by atoms with Gasteiger partial charge in [0.2, 0.25) is 0 Å². The quantitative estimate of drug-likeness (QED) is 0.728. The molecule has 24 heavy (non-hydrogen) atoms. The van der Waals surface area contributed by atoms with Crippen molar-refractivity contribution < 1.29 is 9.53 Å². The van der Waals surface area contributed by atoms with Crippen LogP contribution in [-0.4, -0.2) is 34.1 Å². The topological polar surface area (TPSA) is 60.2 Å². The predicted molar refractivity (Wildman–Crippen MR) is 89.7 cm³/mol. The molecule has 0 spiro atoms. The first kappa shape index (κ1) is 14.4. The molecule has 0 saturated carbocycles. The van der Waals surface area contributed by atoms with Gasteiger partial charge in [-0.15, -0.1) is 5.10 Å². The van der Waals surface area contributed by atoms with Crippen molar-refractivity contribution in [2.75, 3.05) is 18.1 Å². The first-order valence-corrected chi connectivity index (χ1v) is 7.77. The van der Waals surface area contributed by atoms with Crippen molar-refractivity contribution in [3.05, 3.63) is 66.0 Å². The highest BCUT2D eigenvalue weighted by Gasteiger charge is 2.28. The van der Waals surface area contributed by atoms with Crippen LogP contribution in [0, 0.1) is 6.92 Å². The van der Waals surface area contributed by atoms with Crippen molar-refractivity contribution in [3.63, 3.8) is 0 Å². The normalized spacial score (nSPS) is 13.3. The molecule has 3 aromatic rings.